The van der Waals surface area contributed by atoms with Crippen LogP contribution in [0.15, 0.2) is 12.2 Å². The molecule has 1 heterocycles. The summed E-state index contributed by atoms with van der Waals surface area (Å²) in [5.41, 5.74) is -3.65. The van der Waals surface area contributed by atoms with Crippen LogP contribution in [0.25, 0.3) is 0 Å². The fourth-order valence-corrected chi connectivity index (χ4v) is 4.52. The number of amides is 1. The first-order valence-electron chi connectivity index (χ1n) is 11.3. The van der Waals surface area contributed by atoms with Gasteiger partial charge in [-0.15, -0.1) is 0 Å². The van der Waals surface area contributed by atoms with E-state index in [9.17, 15) is 29.1 Å². The molecule has 0 saturated heterocycles. The van der Waals surface area contributed by atoms with E-state index in [1.54, 1.807) is 0 Å². The molecule has 2 N–H and O–H groups in total. The Balaban J connectivity index is 2.63. The molecular formula is C23H33NO11. The number of rotatable bonds is 9. The molecule has 0 aromatic carbocycles. The van der Waals surface area contributed by atoms with Crippen LogP contribution < -0.4 is 5.32 Å². The molecule has 0 radical (unpaired) electrons. The highest BCUT2D eigenvalue weighted by Gasteiger charge is 2.62. The second-order valence-corrected chi connectivity index (χ2v) is 8.66. The number of ether oxygens (including phenoxy) is 5. The molecule has 0 aromatic rings. The number of hydrogen-bond acceptors (Lipinski definition) is 11. The van der Waals surface area contributed by atoms with Crippen LogP contribution in [0.2, 0.25) is 0 Å². The Morgan fingerprint density at radius 3 is 2.11 bits per heavy atom. The summed E-state index contributed by atoms with van der Waals surface area (Å²) in [4.78, 5) is 60.3. The standard InChI is InChI=1S/C23H33NO11/c1-13(25)24-17-8-11-23(21(29)31-5,22(30)9-6-7-10-22)35-19(17)20(34-16(4)28)18(33-15(3)27)12-32-14(2)26/h8,11,17-20,30H,6-7,9-10,12H2,1-5H3,(H,24,25)/t17-,18-,19-,20-,23-/m1/s1. The normalized spacial score (nSPS) is 26.7. The van der Waals surface area contributed by atoms with E-state index in [0.29, 0.717) is 12.8 Å². The first-order chi connectivity index (χ1) is 16.3. The van der Waals surface area contributed by atoms with E-state index >= 15 is 0 Å². The van der Waals surface area contributed by atoms with Crippen LogP contribution >= 0.6 is 0 Å². The molecule has 5 atom stereocenters. The number of aliphatic hydroxyl groups is 1. The van der Waals surface area contributed by atoms with E-state index in [2.05, 4.69) is 5.32 Å². The zero-order valence-corrected chi connectivity index (χ0v) is 20.5. The first kappa shape index (κ1) is 28.2. The third kappa shape index (κ3) is 6.57. The largest absolute Gasteiger partial charge is 0.467 e. The maximum atomic E-state index is 13.1. The Labute approximate surface area is 203 Å². The lowest BCUT2D eigenvalue weighted by molar-refractivity contribution is -0.236. The fourth-order valence-electron chi connectivity index (χ4n) is 4.52. The highest BCUT2D eigenvalue weighted by atomic mass is 16.6. The number of hydrogen-bond donors (Lipinski definition) is 2. The molecule has 35 heavy (non-hydrogen) atoms. The van der Waals surface area contributed by atoms with E-state index in [4.69, 9.17) is 23.7 Å². The van der Waals surface area contributed by atoms with Gasteiger partial charge in [0.1, 0.15) is 18.3 Å². The van der Waals surface area contributed by atoms with Gasteiger partial charge in [-0.1, -0.05) is 18.9 Å². The molecule has 0 bridgehead atoms. The summed E-state index contributed by atoms with van der Waals surface area (Å²) in [7, 11) is 1.14. The minimum atomic E-state index is -2.00. The summed E-state index contributed by atoms with van der Waals surface area (Å²) in [5.74, 6) is -3.61. The summed E-state index contributed by atoms with van der Waals surface area (Å²) >= 11 is 0. The van der Waals surface area contributed by atoms with Crippen molar-refractivity contribution < 1.29 is 52.8 Å². The van der Waals surface area contributed by atoms with Gasteiger partial charge >= 0.3 is 23.9 Å². The van der Waals surface area contributed by atoms with E-state index in [0.717, 1.165) is 27.9 Å². The van der Waals surface area contributed by atoms with Crippen molar-refractivity contribution in [3.63, 3.8) is 0 Å². The topological polar surface area (TPSA) is 164 Å². The van der Waals surface area contributed by atoms with E-state index in [1.165, 1.54) is 19.1 Å². The smallest absolute Gasteiger partial charge is 0.345 e. The molecule has 0 spiro atoms. The zero-order chi connectivity index (χ0) is 26.4. The number of methoxy groups -OCH3 is 1. The van der Waals surface area contributed by atoms with Gasteiger partial charge in [-0.25, -0.2) is 4.79 Å². The van der Waals surface area contributed by atoms with Gasteiger partial charge in [0.25, 0.3) is 0 Å². The summed E-state index contributed by atoms with van der Waals surface area (Å²) in [6, 6.07) is -0.977. The molecule has 0 unspecified atom stereocenters. The third-order valence-electron chi connectivity index (χ3n) is 5.96. The van der Waals surface area contributed by atoms with Crippen molar-refractivity contribution in [3.05, 3.63) is 12.2 Å². The maximum Gasteiger partial charge on any atom is 0.345 e. The Morgan fingerprint density at radius 1 is 1.03 bits per heavy atom. The minimum Gasteiger partial charge on any atom is -0.467 e. The van der Waals surface area contributed by atoms with Gasteiger partial charge in [0.15, 0.2) is 12.2 Å². The van der Waals surface area contributed by atoms with Crippen LogP contribution in [0.1, 0.15) is 53.4 Å². The van der Waals surface area contributed by atoms with Crippen molar-refractivity contribution in [2.45, 2.75) is 88.9 Å². The molecule has 1 amide bonds. The molecule has 196 valence electrons. The molecule has 0 aromatic heterocycles. The quantitative estimate of drug-likeness (QED) is 0.251. The van der Waals surface area contributed by atoms with Crippen LogP contribution in [0.4, 0.5) is 0 Å². The fraction of sp³-hybridized carbons (Fsp3) is 0.696. The van der Waals surface area contributed by atoms with Crippen molar-refractivity contribution in [1.82, 2.24) is 5.32 Å². The first-order valence-corrected chi connectivity index (χ1v) is 11.3. The molecule has 12 heteroatoms. The van der Waals surface area contributed by atoms with E-state index in [1.807, 2.05) is 0 Å². The molecule has 1 saturated carbocycles. The van der Waals surface area contributed by atoms with Crippen LogP contribution in [0, 0.1) is 0 Å². The summed E-state index contributed by atoms with van der Waals surface area (Å²) in [5, 5.41) is 14.1. The van der Waals surface area contributed by atoms with Crippen LogP contribution in [-0.2, 0) is 47.7 Å². The number of carbonyl (C=O) groups is 5. The molecule has 2 aliphatic rings. The van der Waals surface area contributed by atoms with Gasteiger partial charge in [-0.3, -0.25) is 19.2 Å². The molecule has 12 nitrogen and oxygen atoms in total. The Morgan fingerprint density at radius 2 is 1.63 bits per heavy atom. The summed E-state index contributed by atoms with van der Waals surface area (Å²) in [6.07, 6.45) is 0.315. The van der Waals surface area contributed by atoms with Crippen molar-refractivity contribution in [2.75, 3.05) is 13.7 Å². The lowest BCUT2D eigenvalue weighted by Gasteiger charge is -2.48. The van der Waals surface area contributed by atoms with Gasteiger partial charge in [-0.2, -0.15) is 0 Å². The molecule has 1 aliphatic carbocycles. The molecule has 2 rings (SSSR count). The second kappa shape index (κ2) is 11.6. The molecule has 1 fully saturated rings. The van der Waals surface area contributed by atoms with Crippen molar-refractivity contribution in [1.29, 1.82) is 0 Å². The summed E-state index contributed by atoms with van der Waals surface area (Å²) < 4.78 is 26.9. The van der Waals surface area contributed by atoms with Gasteiger partial charge in [0.05, 0.1) is 13.2 Å². The highest BCUT2D eigenvalue weighted by Crippen LogP contribution is 2.45. The number of nitrogens with one attached hydrogen (secondary N) is 1. The Bertz CT molecular complexity index is 864. The van der Waals surface area contributed by atoms with Crippen molar-refractivity contribution >= 4 is 29.8 Å². The third-order valence-corrected chi connectivity index (χ3v) is 5.96. The van der Waals surface area contributed by atoms with E-state index in [-0.39, 0.29) is 12.8 Å². The van der Waals surface area contributed by atoms with Crippen molar-refractivity contribution in [2.24, 2.45) is 0 Å². The SMILES string of the molecule is COC(=O)[C@@]1(C2(O)CCCC2)C=C[C@@H](NC(C)=O)[C@H]([C@H](OC(C)=O)[C@@H](COC(C)=O)OC(C)=O)O1. The maximum absolute atomic E-state index is 13.1. The zero-order valence-electron chi connectivity index (χ0n) is 20.5. The summed E-state index contributed by atoms with van der Waals surface area (Å²) in [6.45, 7) is 4.11. The average Bonchev–Trinajstić information content (AvgIpc) is 3.22. The van der Waals surface area contributed by atoms with Crippen molar-refractivity contribution in [3.8, 4) is 0 Å². The predicted molar refractivity (Wildman–Crippen MR) is 118 cm³/mol. The van der Waals surface area contributed by atoms with Gasteiger partial charge < -0.3 is 34.1 Å². The number of carbonyl (C=O) groups excluding carboxylic acids is 5. The van der Waals surface area contributed by atoms with Gasteiger partial charge in [0, 0.05) is 27.7 Å². The number of esters is 4. The average molecular weight is 500 g/mol. The highest BCUT2D eigenvalue weighted by molar-refractivity contribution is 5.84. The van der Waals surface area contributed by atoms with Gasteiger partial charge in [0.2, 0.25) is 11.5 Å². The Hall–Kier alpha value is -2.99. The predicted octanol–water partition coefficient (Wildman–Crippen LogP) is 0.0895. The van der Waals surface area contributed by atoms with Gasteiger partial charge in [-0.05, 0) is 18.9 Å². The second-order valence-electron chi connectivity index (χ2n) is 8.66. The minimum absolute atomic E-state index is 0.225. The van der Waals surface area contributed by atoms with Crippen LogP contribution in [0.5, 0.6) is 0 Å². The van der Waals surface area contributed by atoms with Crippen LogP contribution in [0.3, 0.4) is 0 Å². The van der Waals surface area contributed by atoms with Crippen LogP contribution in [-0.4, -0.2) is 84.2 Å². The van der Waals surface area contributed by atoms with E-state index < -0.39 is 71.9 Å². The lowest BCUT2D eigenvalue weighted by atomic mass is 9.77. The lowest BCUT2D eigenvalue weighted by Crippen LogP contribution is -2.67. The monoisotopic (exact) mass is 499 g/mol. The molecule has 1 aliphatic heterocycles. The molecular weight excluding hydrogens is 466 g/mol. The Kier molecular flexibility index (Phi) is 9.38.